The van der Waals surface area contributed by atoms with Gasteiger partial charge in [0.05, 0.1) is 6.54 Å². The number of hydrogen-bond acceptors (Lipinski definition) is 3. The summed E-state index contributed by atoms with van der Waals surface area (Å²) in [6.07, 6.45) is 5.64. The van der Waals surface area contributed by atoms with Gasteiger partial charge >= 0.3 is 0 Å². The van der Waals surface area contributed by atoms with Gasteiger partial charge in [0.15, 0.2) is 5.96 Å². The number of nitrogens with zero attached hydrogens (tertiary/aromatic N) is 5. The minimum atomic E-state index is 0. The van der Waals surface area contributed by atoms with Crippen LogP contribution in [-0.2, 0) is 13.1 Å². The van der Waals surface area contributed by atoms with Crippen LogP contribution in [0.3, 0.4) is 0 Å². The minimum absolute atomic E-state index is 0. The van der Waals surface area contributed by atoms with E-state index in [0.717, 1.165) is 32.0 Å². The first kappa shape index (κ1) is 23.9. The number of hydrogen-bond donors (Lipinski definition) is 1. The van der Waals surface area contributed by atoms with Crippen LogP contribution in [-0.4, -0.2) is 46.3 Å². The summed E-state index contributed by atoms with van der Waals surface area (Å²) in [6, 6.07) is 17.2. The number of benzene rings is 2. The third-order valence-electron chi connectivity index (χ3n) is 4.95. The van der Waals surface area contributed by atoms with Gasteiger partial charge < -0.3 is 10.2 Å². The molecule has 2 aromatic carbocycles. The summed E-state index contributed by atoms with van der Waals surface area (Å²) in [4.78, 5) is 10.6. The van der Waals surface area contributed by atoms with E-state index in [1.54, 1.807) is 12.7 Å². The van der Waals surface area contributed by atoms with Crippen molar-refractivity contribution in [3.63, 3.8) is 0 Å². The van der Waals surface area contributed by atoms with Crippen LogP contribution in [0.5, 0.6) is 0 Å². The van der Waals surface area contributed by atoms with E-state index in [2.05, 4.69) is 87.8 Å². The molecule has 1 N–H and O–H groups in total. The molecule has 0 aliphatic rings. The van der Waals surface area contributed by atoms with Crippen molar-refractivity contribution in [2.24, 2.45) is 4.99 Å². The van der Waals surface area contributed by atoms with Crippen molar-refractivity contribution in [1.82, 2.24) is 25.0 Å². The molecule has 0 aliphatic heterocycles. The maximum absolute atomic E-state index is 4.42. The predicted octanol–water partition coefficient (Wildman–Crippen LogP) is 4.42. The number of rotatable bonds is 8. The van der Waals surface area contributed by atoms with Gasteiger partial charge in [-0.15, -0.1) is 24.0 Å². The predicted molar refractivity (Wildman–Crippen MR) is 134 cm³/mol. The van der Waals surface area contributed by atoms with E-state index in [1.165, 1.54) is 28.7 Å². The second-order valence-electron chi connectivity index (χ2n) is 7.12. The lowest BCUT2D eigenvalue weighted by atomic mass is 9.98. The van der Waals surface area contributed by atoms with Gasteiger partial charge in [-0.25, -0.2) is 9.67 Å². The van der Waals surface area contributed by atoms with Crippen LogP contribution < -0.4 is 5.32 Å². The molecule has 30 heavy (non-hydrogen) atoms. The molecule has 3 rings (SSSR count). The maximum Gasteiger partial charge on any atom is 0.193 e. The summed E-state index contributed by atoms with van der Waals surface area (Å²) in [5.74, 6) is 0.927. The van der Waals surface area contributed by atoms with Crippen LogP contribution in [0, 0.1) is 0 Å². The first-order chi connectivity index (χ1) is 14.2. The molecule has 0 saturated carbocycles. The summed E-state index contributed by atoms with van der Waals surface area (Å²) < 4.78 is 1.83. The van der Waals surface area contributed by atoms with Crippen molar-refractivity contribution >= 4 is 29.9 Å². The Morgan fingerprint density at radius 3 is 2.57 bits per heavy atom. The zero-order valence-electron chi connectivity index (χ0n) is 18.0. The van der Waals surface area contributed by atoms with Crippen molar-refractivity contribution in [2.45, 2.75) is 32.9 Å². The van der Waals surface area contributed by atoms with Crippen LogP contribution in [0.4, 0.5) is 0 Å². The van der Waals surface area contributed by atoms with Gasteiger partial charge in [0.25, 0.3) is 0 Å². The second-order valence-corrected chi connectivity index (χ2v) is 7.12. The van der Waals surface area contributed by atoms with E-state index >= 15 is 0 Å². The molecule has 0 radical (unpaired) electrons. The summed E-state index contributed by atoms with van der Waals surface area (Å²) in [5, 5.41) is 7.67. The zero-order chi connectivity index (χ0) is 20.5. The smallest absolute Gasteiger partial charge is 0.193 e. The molecule has 1 heterocycles. The monoisotopic (exact) mass is 518 g/mol. The van der Waals surface area contributed by atoms with Gasteiger partial charge in [-0.2, -0.15) is 5.10 Å². The highest BCUT2D eigenvalue weighted by molar-refractivity contribution is 14.0. The highest BCUT2D eigenvalue weighted by Gasteiger charge is 2.08. The third-order valence-corrected chi connectivity index (χ3v) is 4.95. The minimum Gasteiger partial charge on any atom is -0.352 e. The molecule has 0 unspecified atom stereocenters. The normalized spacial score (nSPS) is 11.1. The fourth-order valence-corrected chi connectivity index (χ4v) is 3.31. The zero-order valence-corrected chi connectivity index (χ0v) is 20.3. The van der Waals surface area contributed by atoms with Gasteiger partial charge in [0, 0.05) is 27.2 Å². The molecule has 160 valence electrons. The van der Waals surface area contributed by atoms with E-state index in [1.807, 2.05) is 11.7 Å². The number of aliphatic imine (C=N–C) groups is 1. The molecular weight excluding hydrogens is 487 g/mol. The van der Waals surface area contributed by atoms with E-state index in [4.69, 9.17) is 0 Å². The molecule has 0 saturated heterocycles. The standard InChI is InChI=1S/C23H30N6.HI/c1-4-5-14-28(3)23(24-2)26-15-21-8-6-7-9-22(21)20-12-10-19(11-13-20)16-29-18-25-17-27-29;/h6-13,17-18H,4-5,14-16H2,1-3H3,(H,24,26);1H. The molecule has 0 amide bonds. The van der Waals surface area contributed by atoms with Gasteiger partial charge in [0.2, 0.25) is 0 Å². The van der Waals surface area contributed by atoms with Crippen molar-refractivity contribution in [1.29, 1.82) is 0 Å². The van der Waals surface area contributed by atoms with E-state index in [9.17, 15) is 0 Å². The molecule has 0 atom stereocenters. The second kappa shape index (κ2) is 12.3. The molecule has 1 aromatic heterocycles. The highest BCUT2D eigenvalue weighted by atomic mass is 127. The number of nitrogens with one attached hydrogen (secondary N) is 1. The van der Waals surface area contributed by atoms with Crippen molar-refractivity contribution in [3.8, 4) is 11.1 Å². The van der Waals surface area contributed by atoms with E-state index in [0.29, 0.717) is 0 Å². The van der Waals surface area contributed by atoms with Gasteiger partial charge in [0.1, 0.15) is 12.7 Å². The SMILES string of the molecule is CCCCN(C)C(=NC)NCc1ccccc1-c1ccc(Cn2cncn2)cc1.I. The van der Waals surface area contributed by atoms with Crippen LogP contribution in [0.15, 0.2) is 66.2 Å². The Kier molecular flexibility index (Phi) is 9.79. The highest BCUT2D eigenvalue weighted by Crippen LogP contribution is 2.24. The van der Waals surface area contributed by atoms with Crippen LogP contribution >= 0.6 is 24.0 Å². The van der Waals surface area contributed by atoms with E-state index in [-0.39, 0.29) is 24.0 Å². The van der Waals surface area contributed by atoms with Gasteiger partial charge in [-0.1, -0.05) is 61.9 Å². The Bertz CT molecular complexity index is 906. The van der Waals surface area contributed by atoms with Crippen LogP contribution in [0.25, 0.3) is 11.1 Å². The summed E-state index contributed by atoms with van der Waals surface area (Å²) in [7, 11) is 3.93. The fraction of sp³-hybridized carbons (Fsp3) is 0.348. The Balaban J connectivity index is 0.00000320. The van der Waals surface area contributed by atoms with Gasteiger partial charge in [-0.3, -0.25) is 4.99 Å². The Morgan fingerprint density at radius 2 is 1.90 bits per heavy atom. The lowest BCUT2D eigenvalue weighted by molar-refractivity contribution is 0.464. The first-order valence-corrected chi connectivity index (χ1v) is 10.1. The number of aromatic nitrogens is 3. The molecule has 0 spiro atoms. The van der Waals surface area contributed by atoms with Crippen molar-refractivity contribution < 1.29 is 0 Å². The summed E-state index contributed by atoms with van der Waals surface area (Å²) in [6.45, 7) is 4.67. The van der Waals surface area contributed by atoms with Crippen molar-refractivity contribution in [2.75, 3.05) is 20.6 Å². The lowest BCUT2D eigenvalue weighted by Crippen LogP contribution is -2.39. The molecule has 6 nitrogen and oxygen atoms in total. The largest absolute Gasteiger partial charge is 0.352 e. The van der Waals surface area contributed by atoms with Gasteiger partial charge in [-0.05, 0) is 28.7 Å². The molecule has 3 aromatic rings. The average molecular weight is 518 g/mol. The summed E-state index contributed by atoms with van der Waals surface area (Å²) >= 11 is 0. The van der Waals surface area contributed by atoms with Crippen molar-refractivity contribution in [3.05, 3.63) is 72.3 Å². The van der Waals surface area contributed by atoms with Crippen LogP contribution in [0.1, 0.15) is 30.9 Å². The molecule has 0 fully saturated rings. The van der Waals surface area contributed by atoms with E-state index < -0.39 is 0 Å². The molecule has 7 heteroatoms. The maximum atomic E-state index is 4.42. The fourth-order valence-electron chi connectivity index (χ4n) is 3.31. The summed E-state index contributed by atoms with van der Waals surface area (Å²) in [5.41, 5.74) is 4.90. The topological polar surface area (TPSA) is 58.3 Å². The Hall–Kier alpha value is -2.42. The first-order valence-electron chi connectivity index (χ1n) is 10.1. The number of guanidine groups is 1. The molecule has 0 aliphatic carbocycles. The molecule has 0 bridgehead atoms. The number of unbranched alkanes of at least 4 members (excludes halogenated alkanes) is 1. The Labute approximate surface area is 196 Å². The lowest BCUT2D eigenvalue weighted by Gasteiger charge is -2.22. The molecular formula is C23H31IN6. The average Bonchev–Trinajstić information content (AvgIpc) is 3.26. The number of halogens is 1. The Morgan fingerprint density at radius 1 is 1.13 bits per heavy atom. The van der Waals surface area contributed by atoms with Crippen LogP contribution in [0.2, 0.25) is 0 Å². The quantitative estimate of drug-likeness (QED) is 0.273. The third kappa shape index (κ3) is 6.55.